The van der Waals surface area contributed by atoms with Gasteiger partial charge in [0, 0.05) is 42.4 Å². The Kier molecular flexibility index (Phi) is 6.19. The molecule has 152 valence electrons. The van der Waals surface area contributed by atoms with Gasteiger partial charge < -0.3 is 14.8 Å². The Labute approximate surface area is 179 Å². The van der Waals surface area contributed by atoms with Gasteiger partial charge in [0.1, 0.15) is 0 Å². The van der Waals surface area contributed by atoms with Crippen molar-refractivity contribution in [1.82, 2.24) is 9.47 Å². The van der Waals surface area contributed by atoms with Crippen molar-refractivity contribution in [2.75, 3.05) is 5.32 Å². The quantitative estimate of drug-likeness (QED) is 0.505. The van der Waals surface area contributed by atoms with Crippen LogP contribution in [-0.2, 0) is 20.0 Å². The number of aryl methyl sites for hydroxylation is 2. The van der Waals surface area contributed by atoms with Gasteiger partial charge >= 0.3 is 0 Å². The molecule has 1 fully saturated rings. The van der Waals surface area contributed by atoms with Crippen LogP contribution >= 0.6 is 12.2 Å². The van der Waals surface area contributed by atoms with Crippen LogP contribution in [-0.4, -0.2) is 20.6 Å². The Morgan fingerprint density at radius 2 is 1.90 bits per heavy atom. The van der Waals surface area contributed by atoms with E-state index in [0.29, 0.717) is 6.04 Å². The highest BCUT2D eigenvalue weighted by Gasteiger charge is 2.24. The zero-order chi connectivity index (χ0) is 20.2. The third kappa shape index (κ3) is 4.48. The predicted octanol–water partition coefficient (Wildman–Crippen LogP) is 6.27. The first-order valence-corrected chi connectivity index (χ1v) is 11.3. The largest absolute Gasteiger partial charge is 0.350 e. The number of fused-ring (bicyclic) bond motifs is 1. The summed E-state index contributed by atoms with van der Waals surface area (Å²) in [6.07, 6.45) is 9.68. The summed E-state index contributed by atoms with van der Waals surface area (Å²) in [6.45, 7) is 3.04. The molecule has 4 rings (SSSR count). The molecule has 0 atom stereocenters. The third-order valence-corrected chi connectivity index (χ3v) is 6.52. The Bertz CT molecular complexity index is 985. The topological polar surface area (TPSA) is 20.2 Å². The van der Waals surface area contributed by atoms with Crippen LogP contribution < -0.4 is 5.32 Å². The third-order valence-electron chi connectivity index (χ3n) is 6.18. The van der Waals surface area contributed by atoms with Crippen LogP contribution in [0, 0.1) is 0 Å². The molecule has 4 heteroatoms. The Hall–Kier alpha value is -2.33. The van der Waals surface area contributed by atoms with E-state index in [1.807, 2.05) is 0 Å². The van der Waals surface area contributed by atoms with Crippen LogP contribution in [0.25, 0.3) is 10.9 Å². The fraction of sp³-hybridized carbons (Fsp3) is 0.400. The van der Waals surface area contributed by atoms with E-state index in [-0.39, 0.29) is 0 Å². The molecule has 1 saturated carbocycles. The van der Waals surface area contributed by atoms with Crippen molar-refractivity contribution in [2.45, 2.75) is 58.0 Å². The van der Waals surface area contributed by atoms with E-state index >= 15 is 0 Å². The van der Waals surface area contributed by atoms with Gasteiger partial charge in [-0.05, 0) is 60.8 Å². The van der Waals surface area contributed by atoms with Crippen molar-refractivity contribution in [2.24, 2.45) is 7.05 Å². The molecule has 1 N–H and O–H groups in total. The lowest BCUT2D eigenvalue weighted by molar-refractivity contribution is 0.241. The number of rotatable bonds is 5. The summed E-state index contributed by atoms with van der Waals surface area (Å²) in [7, 11) is 2.13. The van der Waals surface area contributed by atoms with Crippen LogP contribution in [0.4, 0.5) is 5.69 Å². The SMILES string of the molecule is CCc1cccc(NC(=S)N(Cc2cn(C)c3ccccc23)C2CCCCC2)c1. The average Bonchev–Trinajstić information content (AvgIpc) is 3.08. The average molecular weight is 406 g/mol. The van der Waals surface area contributed by atoms with E-state index < -0.39 is 0 Å². The van der Waals surface area contributed by atoms with Gasteiger partial charge in [0.05, 0.1) is 0 Å². The van der Waals surface area contributed by atoms with Crippen LogP contribution in [0.5, 0.6) is 0 Å². The maximum absolute atomic E-state index is 5.95. The molecule has 0 radical (unpaired) electrons. The fourth-order valence-electron chi connectivity index (χ4n) is 4.56. The Morgan fingerprint density at radius 3 is 2.69 bits per heavy atom. The summed E-state index contributed by atoms with van der Waals surface area (Å²) in [5.74, 6) is 0. The molecule has 1 aliphatic rings. The van der Waals surface area contributed by atoms with E-state index in [2.05, 4.69) is 83.5 Å². The lowest BCUT2D eigenvalue weighted by atomic mass is 9.94. The minimum Gasteiger partial charge on any atom is -0.350 e. The summed E-state index contributed by atoms with van der Waals surface area (Å²) in [5, 5.41) is 5.71. The first-order chi connectivity index (χ1) is 14.2. The maximum atomic E-state index is 5.95. The molecule has 0 aliphatic heterocycles. The Morgan fingerprint density at radius 1 is 1.10 bits per heavy atom. The van der Waals surface area contributed by atoms with Crippen molar-refractivity contribution in [3.05, 3.63) is 65.9 Å². The second-order valence-electron chi connectivity index (χ2n) is 8.19. The predicted molar refractivity (Wildman–Crippen MR) is 127 cm³/mol. The molecule has 3 aromatic rings. The molecule has 2 aromatic carbocycles. The van der Waals surface area contributed by atoms with Gasteiger partial charge in [-0.3, -0.25) is 0 Å². The van der Waals surface area contributed by atoms with Crippen molar-refractivity contribution in [3.8, 4) is 0 Å². The molecule has 1 heterocycles. The standard InChI is InChI=1S/C25H31N3S/c1-3-19-10-9-11-21(16-19)26-25(29)28(22-12-5-4-6-13-22)18-20-17-27(2)24-15-8-7-14-23(20)24/h7-11,14-17,22H,3-6,12-13,18H2,1-2H3,(H,26,29). The van der Waals surface area contributed by atoms with Gasteiger partial charge in [0.15, 0.2) is 5.11 Å². The van der Waals surface area contributed by atoms with Crippen LogP contribution in [0.1, 0.15) is 50.2 Å². The van der Waals surface area contributed by atoms with E-state index in [9.17, 15) is 0 Å². The second-order valence-corrected chi connectivity index (χ2v) is 8.57. The Balaban J connectivity index is 1.61. The number of benzene rings is 2. The number of thiocarbonyl (C=S) groups is 1. The molecule has 1 aromatic heterocycles. The zero-order valence-electron chi connectivity index (χ0n) is 17.5. The van der Waals surface area contributed by atoms with Gasteiger partial charge in [-0.2, -0.15) is 0 Å². The molecular formula is C25H31N3S. The van der Waals surface area contributed by atoms with E-state index in [1.54, 1.807) is 0 Å². The van der Waals surface area contributed by atoms with Crippen LogP contribution in [0.15, 0.2) is 54.7 Å². The molecule has 0 amide bonds. The summed E-state index contributed by atoms with van der Waals surface area (Å²) >= 11 is 5.95. The first-order valence-electron chi connectivity index (χ1n) is 10.8. The van der Waals surface area contributed by atoms with Gasteiger partial charge in [-0.25, -0.2) is 0 Å². The number of nitrogens with zero attached hydrogens (tertiary/aromatic N) is 2. The number of anilines is 1. The number of nitrogens with one attached hydrogen (secondary N) is 1. The van der Waals surface area contributed by atoms with E-state index in [0.717, 1.165) is 23.8 Å². The molecule has 29 heavy (non-hydrogen) atoms. The summed E-state index contributed by atoms with van der Waals surface area (Å²) in [6, 6.07) is 17.8. The number of hydrogen-bond acceptors (Lipinski definition) is 1. The minimum absolute atomic E-state index is 0.511. The zero-order valence-corrected chi connectivity index (χ0v) is 18.3. The van der Waals surface area contributed by atoms with Crippen molar-refractivity contribution < 1.29 is 0 Å². The smallest absolute Gasteiger partial charge is 0.173 e. The molecule has 3 nitrogen and oxygen atoms in total. The lowest BCUT2D eigenvalue weighted by Gasteiger charge is -2.36. The van der Waals surface area contributed by atoms with E-state index in [1.165, 1.54) is 54.1 Å². The first kappa shape index (κ1) is 20.0. The molecule has 1 aliphatic carbocycles. The number of hydrogen-bond donors (Lipinski definition) is 1. The molecule has 0 saturated heterocycles. The minimum atomic E-state index is 0.511. The van der Waals surface area contributed by atoms with Crippen molar-refractivity contribution in [3.63, 3.8) is 0 Å². The van der Waals surface area contributed by atoms with Crippen LogP contribution in [0.3, 0.4) is 0 Å². The second kappa shape index (κ2) is 9.00. The molecular weight excluding hydrogens is 374 g/mol. The summed E-state index contributed by atoms with van der Waals surface area (Å²) in [4.78, 5) is 2.44. The van der Waals surface area contributed by atoms with Gasteiger partial charge in [-0.1, -0.05) is 56.5 Å². The van der Waals surface area contributed by atoms with Crippen molar-refractivity contribution in [1.29, 1.82) is 0 Å². The van der Waals surface area contributed by atoms with E-state index in [4.69, 9.17) is 12.2 Å². The highest BCUT2D eigenvalue weighted by molar-refractivity contribution is 7.80. The van der Waals surface area contributed by atoms with Gasteiger partial charge in [-0.15, -0.1) is 0 Å². The summed E-state index contributed by atoms with van der Waals surface area (Å²) < 4.78 is 2.23. The van der Waals surface area contributed by atoms with Crippen LogP contribution in [0.2, 0.25) is 0 Å². The maximum Gasteiger partial charge on any atom is 0.173 e. The van der Waals surface area contributed by atoms with Crippen molar-refractivity contribution >= 4 is 33.9 Å². The summed E-state index contributed by atoms with van der Waals surface area (Å²) in [5.41, 5.74) is 5.05. The highest BCUT2D eigenvalue weighted by Crippen LogP contribution is 2.28. The normalized spacial score (nSPS) is 14.8. The molecule has 0 spiro atoms. The fourth-order valence-corrected chi connectivity index (χ4v) is 4.89. The van der Waals surface area contributed by atoms with Gasteiger partial charge in [0.25, 0.3) is 0 Å². The number of aromatic nitrogens is 1. The monoisotopic (exact) mass is 405 g/mol. The molecule has 0 unspecified atom stereocenters. The lowest BCUT2D eigenvalue weighted by Crippen LogP contribution is -2.43. The van der Waals surface area contributed by atoms with Gasteiger partial charge in [0.2, 0.25) is 0 Å². The number of para-hydroxylation sites is 1. The highest BCUT2D eigenvalue weighted by atomic mass is 32.1. The molecule has 0 bridgehead atoms.